The molecular weight excluding hydrogens is 252 g/mol. The molecule has 1 heterocycles. The Bertz CT molecular complexity index is 290. The molecule has 1 aliphatic carbocycles. The first-order valence-corrected chi connectivity index (χ1v) is 8.33. The van der Waals surface area contributed by atoms with Crippen LogP contribution in [-0.4, -0.2) is 60.0 Å². The highest BCUT2D eigenvalue weighted by atomic mass is 16.5. The van der Waals surface area contributed by atoms with E-state index in [0.29, 0.717) is 18.2 Å². The highest BCUT2D eigenvalue weighted by Gasteiger charge is 2.34. The van der Waals surface area contributed by atoms with E-state index < -0.39 is 0 Å². The van der Waals surface area contributed by atoms with Gasteiger partial charge in [0, 0.05) is 24.2 Å². The number of hydrogen-bond donors (Lipinski definition) is 2. The summed E-state index contributed by atoms with van der Waals surface area (Å²) in [5.41, 5.74) is -0.0533. The lowest BCUT2D eigenvalue weighted by molar-refractivity contribution is -0.0504. The highest BCUT2D eigenvalue weighted by molar-refractivity contribution is 4.94. The number of ether oxygens (including phenoxy) is 1. The predicted molar refractivity (Wildman–Crippen MR) is 81.9 cm³/mol. The number of nitrogens with one attached hydrogen (secondary N) is 1. The molecule has 20 heavy (non-hydrogen) atoms. The fraction of sp³-hybridized carbons (Fsp3) is 1.00. The van der Waals surface area contributed by atoms with Gasteiger partial charge in [-0.3, -0.25) is 4.90 Å². The lowest BCUT2D eigenvalue weighted by Crippen LogP contribution is -2.51. The van der Waals surface area contributed by atoms with Gasteiger partial charge in [-0.05, 0) is 52.5 Å². The van der Waals surface area contributed by atoms with Crippen molar-refractivity contribution in [3.8, 4) is 0 Å². The SMILES string of the molecule is CCC(CO)(CCCN1CC(C)OCC1C)NC1CC1. The summed E-state index contributed by atoms with van der Waals surface area (Å²) in [5, 5.41) is 13.5. The van der Waals surface area contributed by atoms with E-state index in [0.717, 1.165) is 39.0 Å². The molecule has 1 saturated carbocycles. The van der Waals surface area contributed by atoms with Gasteiger partial charge < -0.3 is 15.2 Å². The van der Waals surface area contributed by atoms with E-state index in [1.807, 2.05) is 0 Å². The summed E-state index contributed by atoms with van der Waals surface area (Å²) in [6, 6.07) is 1.18. The highest BCUT2D eigenvalue weighted by Crippen LogP contribution is 2.27. The third-order valence-corrected chi connectivity index (χ3v) is 4.90. The standard InChI is InChI=1S/C16H32N2O2/c1-4-16(12-19,17-15-6-7-15)8-5-9-18-10-14(3)20-11-13(18)2/h13-15,17,19H,4-12H2,1-3H3. The molecule has 3 unspecified atom stereocenters. The Hall–Kier alpha value is -0.160. The summed E-state index contributed by atoms with van der Waals surface area (Å²) < 4.78 is 5.68. The van der Waals surface area contributed by atoms with E-state index in [1.165, 1.54) is 12.8 Å². The number of nitrogens with zero attached hydrogens (tertiary/aromatic N) is 1. The van der Waals surface area contributed by atoms with Gasteiger partial charge in [-0.2, -0.15) is 0 Å². The van der Waals surface area contributed by atoms with E-state index in [2.05, 4.69) is 31.0 Å². The fourth-order valence-electron chi connectivity index (χ4n) is 3.15. The van der Waals surface area contributed by atoms with E-state index >= 15 is 0 Å². The Morgan fingerprint density at radius 3 is 2.70 bits per heavy atom. The number of aliphatic hydroxyl groups excluding tert-OH is 1. The maximum absolute atomic E-state index is 9.79. The van der Waals surface area contributed by atoms with Crippen LogP contribution in [0.2, 0.25) is 0 Å². The van der Waals surface area contributed by atoms with Crippen LogP contribution in [0.25, 0.3) is 0 Å². The van der Waals surface area contributed by atoms with E-state index in [1.54, 1.807) is 0 Å². The Labute approximate surface area is 123 Å². The largest absolute Gasteiger partial charge is 0.394 e. The molecule has 2 fully saturated rings. The maximum Gasteiger partial charge on any atom is 0.0674 e. The molecular formula is C16H32N2O2. The molecule has 3 atom stereocenters. The zero-order valence-corrected chi connectivity index (χ0v) is 13.4. The Morgan fingerprint density at radius 1 is 1.35 bits per heavy atom. The third kappa shape index (κ3) is 4.42. The van der Waals surface area contributed by atoms with Crippen LogP contribution in [-0.2, 0) is 4.74 Å². The van der Waals surface area contributed by atoms with Crippen LogP contribution in [0.3, 0.4) is 0 Å². The molecule has 118 valence electrons. The van der Waals surface area contributed by atoms with Crippen molar-refractivity contribution in [2.45, 2.75) is 76.6 Å². The van der Waals surface area contributed by atoms with Crippen molar-refractivity contribution >= 4 is 0 Å². The molecule has 0 aromatic rings. The zero-order chi connectivity index (χ0) is 14.6. The summed E-state index contributed by atoms with van der Waals surface area (Å²) in [5.74, 6) is 0. The van der Waals surface area contributed by atoms with Crippen molar-refractivity contribution in [1.82, 2.24) is 10.2 Å². The molecule has 4 nitrogen and oxygen atoms in total. The Morgan fingerprint density at radius 2 is 2.10 bits per heavy atom. The number of aliphatic hydroxyl groups is 1. The molecule has 4 heteroatoms. The van der Waals surface area contributed by atoms with Gasteiger partial charge in [-0.15, -0.1) is 0 Å². The summed E-state index contributed by atoms with van der Waals surface area (Å²) >= 11 is 0. The summed E-state index contributed by atoms with van der Waals surface area (Å²) in [4.78, 5) is 2.53. The second-order valence-corrected chi connectivity index (χ2v) is 6.80. The first-order valence-electron chi connectivity index (χ1n) is 8.33. The zero-order valence-electron chi connectivity index (χ0n) is 13.4. The summed E-state index contributed by atoms with van der Waals surface area (Å²) in [6.07, 6.45) is 6.12. The van der Waals surface area contributed by atoms with Gasteiger partial charge >= 0.3 is 0 Å². The summed E-state index contributed by atoms with van der Waals surface area (Å²) in [7, 11) is 0. The molecule has 0 spiro atoms. The number of morpholine rings is 1. The van der Waals surface area contributed by atoms with Gasteiger partial charge in [0.15, 0.2) is 0 Å². The van der Waals surface area contributed by atoms with Crippen molar-refractivity contribution in [3.05, 3.63) is 0 Å². The monoisotopic (exact) mass is 284 g/mol. The second kappa shape index (κ2) is 7.21. The van der Waals surface area contributed by atoms with Crippen molar-refractivity contribution in [2.24, 2.45) is 0 Å². The van der Waals surface area contributed by atoms with Crippen LogP contribution in [0, 0.1) is 0 Å². The molecule has 0 aromatic heterocycles. The van der Waals surface area contributed by atoms with Gasteiger partial charge in [-0.25, -0.2) is 0 Å². The normalized spacial score (nSPS) is 31.2. The molecule has 2 aliphatic rings. The minimum absolute atomic E-state index is 0.0533. The van der Waals surface area contributed by atoms with Crippen LogP contribution in [0.5, 0.6) is 0 Å². The first kappa shape index (κ1) is 16.2. The topological polar surface area (TPSA) is 44.7 Å². The Kier molecular flexibility index (Phi) is 5.84. The molecule has 2 N–H and O–H groups in total. The van der Waals surface area contributed by atoms with E-state index in [4.69, 9.17) is 4.74 Å². The van der Waals surface area contributed by atoms with Crippen molar-refractivity contribution in [1.29, 1.82) is 0 Å². The number of hydrogen-bond acceptors (Lipinski definition) is 4. The minimum Gasteiger partial charge on any atom is -0.394 e. The van der Waals surface area contributed by atoms with Crippen LogP contribution < -0.4 is 5.32 Å². The second-order valence-electron chi connectivity index (χ2n) is 6.80. The lowest BCUT2D eigenvalue weighted by atomic mass is 9.90. The van der Waals surface area contributed by atoms with Gasteiger partial charge in [0.1, 0.15) is 0 Å². The van der Waals surface area contributed by atoms with Gasteiger partial charge in [0.25, 0.3) is 0 Å². The smallest absolute Gasteiger partial charge is 0.0674 e. The van der Waals surface area contributed by atoms with Crippen molar-refractivity contribution in [2.75, 3.05) is 26.3 Å². The van der Waals surface area contributed by atoms with Gasteiger partial charge in [-0.1, -0.05) is 6.92 Å². The molecule has 2 rings (SSSR count). The van der Waals surface area contributed by atoms with Crippen LogP contribution in [0.1, 0.15) is 52.9 Å². The van der Waals surface area contributed by atoms with Crippen LogP contribution in [0.15, 0.2) is 0 Å². The molecule has 0 aromatic carbocycles. The molecule has 0 bridgehead atoms. The minimum atomic E-state index is -0.0533. The van der Waals surface area contributed by atoms with Crippen molar-refractivity contribution < 1.29 is 9.84 Å². The van der Waals surface area contributed by atoms with E-state index in [-0.39, 0.29) is 12.1 Å². The van der Waals surface area contributed by atoms with Crippen LogP contribution in [0.4, 0.5) is 0 Å². The van der Waals surface area contributed by atoms with E-state index in [9.17, 15) is 5.11 Å². The van der Waals surface area contributed by atoms with Crippen LogP contribution >= 0.6 is 0 Å². The molecule has 0 amide bonds. The number of rotatable bonds is 8. The first-order chi connectivity index (χ1) is 9.58. The lowest BCUT2D eigenvalue weighted by Gasteiger charge is -2.38. The molecule has 1 aliphatic heterocycles. The predicted octanol–water partition coefficient (Wildman–Crippen LogP) is 1.77. The third-order valence-electron chi connectivity index (χ3n) is 4.90. The quantitative estimate of drug-likeness (QED) is 0.713. The van der Waals surface area contributed by atoms with Crippen molar-refractivity contribution in [3.63, 3.8) is 0 Å². The fourth-order valence-corrected chi connectivity index (χ4v) is 3.15. The maximum atomic E-state index is 9.79. The molecule has 0 radical (unpaired) electrons. The summed E-state index contributed by atoms with van der Waals surface area (Å²) in [6.45, 7) is 9.84. The average Bonchev–Trinajstić information content (AvgIpc) is 3.25. The average molecular weight is 284 g/mol. The van der Waals surface area contributed by atoms with Gasteiger partial charge in [0.2, 0.25) is 0 Å². The molecule has 1 saturated heterocycles. The van der Waals surface area contributed by atoms with Gasteiger partial charge in [0.05, 0.1) is 19.3 Å². The Balaban J connectivity index is 1.76.